The van der Waals surface area contributed by atoms with Gasteiger partial charge in [-0.05, 0) is 51.2 Å². The summed E-state index contributed by atoms with van der Waals surface area (Å²) in [5.41, 5.74) is -0.495. The van der Waals surface area contributed by atoms with Gasteiger partial charge in [-0.15, -0.1) is 0 Å². The van der Waals surface area contributed by atoms with Crippen LogP contribution in [0.5, 0.6) is 0 Å². The molecule has 0 heterocycles. The molecule has 1 fully saturated rings. The zero-order chi connectivity index (χ0) is 15.9. The number of hydrogen-bond donors (Lipinski definition) is 1. The number of ether oxygens (including phenoxy) is 1. The summed E-state index contributed by atoms with van der Waals surface area (Å²) in [6.07, 6.45) is 5.50. The van der Waals surface area contributed by atoms with Crippen LogP contribution in [0.4, 0.5) is 0 Å². The lowest BCUT2D eigenvalue weighted by molar-refractivity contribution is -0.151. The van der Waals surface area contributed by atoms with Gasteiger partial charge in [0.15, 0.2) is 0 Å². The summed E-state index contributed by atoms with van der Waals surface area (Å²) in [5.74, 6) is 1.83. The highest BCUT2D eigenvalue weighted by Gasteiger charge is 2.39. The summed E-state index contributed by atoms with van der Waals surface area (Å²) in [6.45, 7) is 11.2. The topological polar surface area (TPSA) is 38.3 Å². The molecule has 0 aromatic heterocycles. The van der Waals surface area contributed by atoms with Crippen LogP contribution in [-0.2, 0) is 9.53 Å². The summed E-state index contributed by atoms with van der Waals surface area (Å²) >= 11 is 2.04. The summed E-state index contributed by atoms with van der Waals surface area (Å²) < 4.78 is 5.26. The van der Waals surface area contributed by atoms with Crippen molar-refractivity contribution in [3.63, 3.8) is 0 Å². The van der Waals surface area contributed by atoms with Crippen molar-refractivity contribution >= 4 is 17.7 Å². The van der Waals surface area contributed by atoms with Crippen LogP contribution in [0.2, 0.25) is 0 Å². The quantitative estimate of drug-likeness (QED) is 0.462. The Morgan fingerprint density at radius 1 is 1.33 bits per heavy atom. The highest BCUT2D eigenvalue weighted by molar-refractivity contribution is 7.99. The summed E-state index contributed by atoms with van der Waals surface area (Å²) in [4.78, 5) is 12.2. The molecule has 0 radical (unpaired) electrons. The molecule has 3 nitrogen and oxygen atoms in total. The zero-order valence-corrected chi connectivity index (χ0v) is 15.2. The molecule has 0 aromatic carbocycles. The zero-order valence-electron chi connectivity index (χ0n) is 14.4. The lowest BCUT2D eigenvalue weighted by Gasteiger charge is -2.28. The Morgan fingerprint density at radius 2 is 2.00 bits per heavy atom. The van der Waals surface area contributed by atoms with E-state index in [0.717, 1.165) is 18.8 Å². The molecule has 124 valence electrons. The molecule has 0 spiro atoms. The number of carbonyl (C=O) groups is 1. The third-order valence-electron chi connectivity index (χ3n) is 4.22. The van der Waals surface area contributed by atoms with Crippen molar-refractivity contribution in [2.24, 2.45) is 5.92 Å². The van der Waals surface area contributed by atoms with Gasteiger partial charge in [0.2, 0.25) is 0 Å². The van der Waals surface area contributed by atoms with Crippen LogP contribution in [0, 0.1) is 5.92 Å². The van der Waals surface area contributed by atoms with Gasteiger partial charge in [-0.3, -0.25) is 10.1 Å². The maximum Gasteiger partial charge on any atom is 0.326 e. The fraction of sp³-hybridized carbons (Fsp3) is 0.941. The molecule has 1 rings (SSSR count). The SMILES string of the molecule is CCOC(=O)C(C)(CCCCSC(C)C(C)C)NC1CC1. The minimum atomic E-state index is -0.495. The number of hydrogen-bond acceptors (Lipinski definition) is 4. The van der Waals surface area contributed by atoms with Crippen LogP contribution in [0.25, 0.3) is 0 Å². The van der Waals surface area contributed by atoms with Crippen LogP contribution in [-0.4, -0.2) is 35.2 Å². The Balaban J connectivity index is 2.30. The minimum absolute atomic E-state index is 0.0832. The Labute approximate surface area is 135 Å². The molecular formula is C17H33NO2S. The Hall–Kier alpha value is -0.220. The van der Waals surface area contributed by atoms with Gasteiger partial charge in [-0.2, -0.15) is 11.8 Å². The number of carbonyl (C=O) groups excluding carboxylic acids is 1. The van der Waals surface area contributed by atoms with Gasteiger partial charge in [0, 0.05) is 11.3 Å². The van der Waals surface area contributed by atoms with E-state index in [1.807, 2.05) is 25.6 Å². The van der Waals surface area contributed by atoms with Crippen LogP contribution >= 0.6 is 11.8 Å². The molecule has 2 atom stereocenters. The first-order valence-electron chi connectivity index (χ1n) is 8.45. The van der Waals surface area contributed by atoms with E-state index in [0.29, 0.717) is 17.9 Å². The molecule has 21 heavy (non-hydrogen) atoms. The molecule has 2 unspecified atom stereocenters. The molecule has 1 aliphatic rings. The first-order valence-corrected chi connectivity index (χ1v) is 9.50. The van der Waals surface area contributed by atoms with Crippen LogP contribution in [0.1, 0.15) is 66.7 Å². The fourth-order valence-corrected chi connectivity index (χ4v) is 3.37. The van der Waals surface area contributed by atoms with E-state index in [9.17, 15) is 4.79 Å². The molecule has 0 aliphatic heterocycles. The van der Waals surface area contributed by atoms with Gasteiger partial charge in [-0.1, -0.05) is 27.2 Å². The number of esters is 1. The largest absolute Gasteiger partial charge is 0.465 e. The maximum absolute atomic E-state index is 12.2. The molecule has 4 heteroatoms. The molecule has 1 N–H and O–H groups in total. The van der Waals surface area contributed by atoms with E-state index >= 15 is 0 Å². The van der Waals surface area contributed by atoms with Crippen molar-refractivity contribution in [3.05, 3.63) is 0 Å². The van der Waals surface area contributed by atoms with Gasteiger partial charge in [-0.25, -0.2) is 0 Å². The van der Waals surface area contributed by atoms with Crippen molar-refractivity contribution in [1.29, 1.82) is 0 Å². The van der Waals surface area contributed by atoms with Crippen molar-refractivity contribution in [1.82, 2.24) is 5.32 Å². The number of unbranched alkanes of at least 4 members (excludes halogenated alkanes) is 1. The molecule has 1 aliphatic carbocycles. The first kappa shape index (κ1) is 18.8. The Morgan fingerprint density at radius 3 is 2.52 bits per heavy atom. The van der Waals surface area contributed by atoms with Gasteiger partial charge in [0.1, 0.15) is 5.54 Å². The third kappa shape index (κ3) is 7.05. The maximum atomic E-state index is 12.2. The molecular weight excluding hydrogens is 282 g/mol. The third-order valence-corrected chi connectivity index (χ3v) is 5.81. The van der Waals surface area contributed by atoms with Gasteiger partial charge >= 0.3 is 5.97 Å². The molecule has 0 saturated heterocycles. The van der Waals surface area contributed by atoms with Crippen molar-refractivity contribution < 1.29 is 9.53 Å². The predicted molar refractivity (Wildman–Crippen MR) is 91.8 cm³/mol. The van der Waals surface area contributed by atoms with E-state index in [1.165, 1.54) is 25.0 Å². The second-order valence-corrected chi connectivity index (χ2v) is 8.23. The monoisotopic (exact) mass is 315 g/mol. The van der Waals surface area contributed by atoms with E-state index in [4.69, 9.17) is 4.74 Å². The number of nitrogens with one attached hydrogen (secondary N) is 1. The highest BCUT2D eigenvalue weighted by Crippen LogP contribution is 2.27. The highest BCUT2D eigenvalue weighted by atomic mass is 32.2. The Bertz CT molecular complexity index is 318. The normalized spacial score (nSPS) is 19.3. The average Bonchev–Trinajstić information content (AvgIpc) is 3.22. The second kappa shape index (κ2) is 9.04. The lowest BCUT2D eigenvalue weighted by atomic mass is 9.94. The Kier molecular flexibility index (Phi) is 8.10. The van der Waals surface area contributed by atoms with Crippen molar-refractivity contribution in [2.45, 2.75) is 83.6 Å². The molecule has 0 bridgehead atoms. The van der Waals surface area contributed by atoms with E-state index in [1.54, 1.807) is 0 Å². The lowest BCUT2D eigenvalue weighted by Crippen LogP contribution is -2.51. The van der Waals surface area contributed by atoms with E-state index in [2.05, 4.69) is 26.1 Å². The molecule has 1 saturated carbocycles. The molecule has 0 aromatic rings. The fourth-order valence-electron chi connectivity index (χ4n) is 2.24. The van der Waals surface area contributed by atoms with Crippen molar-refractivity contribution in [3.8, 4) is 0 Å². The van der Waals surface area contributed by atoms with E-state index < -0.39 is 5.54 Å². The minimum Gasteiger partial charge on any atom is -0.465 e. The van der Waals surface area contributed by atoms with Gasteiger partial charge in [0.05, 0.1) is 6.61 Å². The summed E-state index contributed by atoms with van der Waals surface area (Å²) in [7, 11) is 0. The van der Waals surface area contributed by atoms with Crippen LogP contribution in [0.15, 0.2) is 0 Å². The molecule has 0 amide bonds. The number of rotatable bonds is 11. The van der Waals surface area contributed by atoms with Crippen molar-refractivity contribution in [2.75, 3.05) is 12.4 Å². The summed E-state index contributed by atoms with van der Waals surface area (Å²) in [6, 6.07) is 0.523. The summed E-state index contributed by atoms with van der Waals surface area (Å²) in [5, 5.41) is 4.20. The smallest absolute Gasteiger partial charge is 0.326 e. The number of thioether (sulfide) groups is 1. The standard InChI is InChI=1S/C17H33NO2S/c1-6-20-16(19)17(5,18-15-9-10-15)11-7-8-12-21-14(4)13(2)3/h13-15,18H,6-12H2,1-5H3. The average molecular weight is 316 g/mol. The van der Waals surface area contributed by atoms with Gasteiger partial charge < -0.3 is 4.74 Å². The second-order valence-electron chi connectivity index (χ2n) is 6.75. The first-order chi connectivity index (χ1) is 9.89. The van der Waals surface area contributed by atoms with Gasteiger partial charge in [0.25, 0.3) is 0 Å². The van der Waals surface area contributed by atoms with Crippen LogP contribution < -0.4 is 5.32 Å². The predicted octanol–water partition coefficient (Wildman–Crippen LogP) is 4.01. The van der Waals surface area contributed by atoms with Crippen LogP contribution in [0.3, 0.4) is 0 Å². The van der Waals surface area contributed by atoms with E-state index in [-0.39, 0.29) is 5.97 Å².